The Morgan fingerprint density at radius 2 is 2.06 bits per heavy atom. The second-order valence-corrected chi connectivity index (χ2v) is 4.58. The standard InChI is InChI=1S/C14H14FNO2/c1-9-6-10(8-11(17)7-9)16-14(18)12-4-2-3-5-13(12)15/h2-5,8-9H,6-7H2,1H3,(H,16,18). The highest BCUT2D eigenvalue weighted by Gasteiger charge is 2.19. The molecule has 0 spiro atoms. The van der Waals surface area contributed by atoms with Crippen LogP contribution in [0.3, 0.4) is 0 Å². The van der Waals surface area contributed by atoms with Crippen LogP contribution in [0.2, 0.25) is 0 Å². The van der Waals surface area contributed by atoms with Gasteiger partial charge in [-0.25, -0.2) is 4.39 Å². The summed E-state index contributed by atoms with van der Waals surface area (Å²) >= 11 is 0. The maximum Gasteiger partial charge on any atom is 0.258 e. The summed E-state index contributed by atoms with van der Waals surface area (Å²) in [6.45, 7) is 1.94. The molecule has 1 atom stereocenters. The summed E-state index contributed by atoms with van der Waals surface area (Å²) in [7, 11) is 0. The van der Waals surface area contributed by atoms with Crippen LogP contribution in [0.4, 0.5) is 4.39 Å². The molecule has 1 amide bonds. The Bertz CT molecular complexity index is 522. The molecule has 1 unspecified atom stereocenters. The zero-order chi connectivity index (χ0) is 13.1. The van der Waals surface area contributed by atoms with Crippen molar-refractivity contribution in [1.82, 2.24) is 5.32 Å². The van der Waals surface area contributed by atoms with Crippen molar-refractivity contribution < 1.29 is 14.0 Å². The highest BCUT2D eigenvalue weighted by atomic mass is 19.1. The Morgan fingerprint density at radius 1 is 1.33 bits per heavy atom. The van der Waals surface area contributed by atoms with E-state index in [1.807, 2.05) is 6.92 Å². The number of ketones is 1. The lowest BCUT2D eigenvalue weighted by atomic mass is 9.93. The fourth-order valence-electron chi connectivity index (χ4n) is 2.05. The fraction of sp³-hybridized carbons (Fsp3) is 0.286. The van der Waals surface area contributed by atoms with Crippen LogP contribution in [0, 0.1) is 11.7 Å². The molecule has 0 saturated heterocycles. The van der Waals surface area contributed by atoms with Crippen LogP contribution in [0.25, 0.3) is 0 Å². The van der Waals surface area contributed by atoms with Gasteiger partial charge in [-0.2, -0.15) is 0 Å². The summed E-state index contributed by atoms with van der Waals surface area (Å²) in [4.78, 5) is 23.2. The summed E-state index contributed by atoms with van der Waals surface area (Å²) in [5, 5.41) is 2.60. The Balaban J connectivity index is 2.13. The molecule has 1 aromatic rings. The first-order valence-corrected chi connectivity index (χ1v) is 5.85. The number of rotatable bonds is 2. The van der Waals surface area contributed by atoms with Crippen LogP contribution in [0.15, 0.2) is 36.0 Å². The molecule has 1 aliphatic carbocycles. The number of carbonyl (C=O) groups excluding carboxylic acids is 2. The van der Waals surface area contributed by atoms with E-state index in [1.54, 1.807) is 6.07 Å². The Kier molecular flexibility index (Phi) is 3.55. The molecule has 4 heteroatoms. The van der Waals surface area contributed by atoms with Crippen LogP contribution in [-0.2, 0) is 4.79 Å². The third-order valence-corrected chi connectivity index (χ3v) is 2.85. The normalized spacial score (nSPS) is 19.3. The number of halogens is 1. The van der Waals surface area contributed by atoms with Crippen molar-refractivity contribution >= 4 is 11.7 Å². The summed E-state index contributed by atoms with van der Waals surface area (Å²) in [6, 6.07) is 5.77. The van der Waals surface area contributed by atoms with E-state index in [4.69, 9.17) is 0 Å². The van der Waals surface area contributed by atoms with Crippen molar-refractivity contribution in [3.63, 3.8) is 0 Å². The van der Waals surface area contributed by atoms with Gasteiger partial charge in [0, 0.05) is 18.2 Å². The van der Waals surface area contributed by atoms with Gasteiger partial charge >= 0.3 is 0 Å². The van der Waals surface area contributed by atoms with Gasteiger partial charge in [-0.15, -0.1) is 0 Å². The van der Waals surface area contributed by atoms with Crippen molar-refractivity contribution in [3.05, 3.63) is 47.4 Å². The first kappa shape index (κ1) is 12.5. The molecule has 0 radical (unpaired) electrons. The lowest BCUT2D eigenvalue weighted by molar-refractivity contribution is -0.115. The number of amides is 1. The van der Waals surface area contributed by atoms with Crippen molar-refractivity contribution in [3.8, 4) is 0 Å². The predicted octanol–water partition coefficient (Wildman–Crippen LogP) is 2.44. The van der Waals surface area contributed by atoms with E-state index in [1.165, 1.54) is 24.3 Å². The number of nitrogens with one attached hydrogen (secondary N) is 1. The molecule has 94 valence electrons. The van der Waals surface area contributed by atoms with Crippen LogP contribution < -0.4 is 5.32 Å². The average Bonchev–Trinajstić information content (AvgIpc) is 2.27. The zero-order valence-electron chi connectivity index (χ0n) is 10.1. The summed E-state index contributed by atoms with van der Waals surface area (Å²) < 4.78 is 13.4. The van der Waals surface area contributed by atoms with Gasteiger partial charge < -0.3 is 5.32 Å². The Labute approximate surface area is 105 Å². The van der Waals surface area contributed by atoms with Crippen LogP contribution in [-0.4, -0.2) is 11.7 Å². The van der Waals surface area contributed by atoms with Gasteiger partial charge in [0.1, 0.15) is 5.82 Å². The summed E-state index contributed by atoms with van der Waals surface area (Å²) in [6.07, 6.45) is 2.56. The second-order valence-electron chi connectivity index (χ2n) is 4.58. The van der Waals surface area contributed by atoms with Gasteiger partial charge in [-0.1, -0.05) is 19.1 Å². The fourth-order valence-corrected chi connectivity index (χ4v) is 2.05. The topological polar surface area (TPSA) is 46.2 Å². The number of hydrogen-bond acceptors (Lipinski definition) is 2. The lowest BCUT2D eigenvalue weighted by Crippen LogP contribution is -2.28. The first-order chi connectivity index (χ1) is 8.56. The molecule has 1 aliphatic rings. The molecule has 0 aromatic heterocycles. The van der Waals surface area contributed by atoms with Gasteiger partial charge in [-0.3, -0.25) is 9.59 Å². The Morgan fingerprint density at radius 3 is 2.72 bits per heavy atom. The molecule has 0 aliphatic heterocycles. The van der Waals surface area contributed by atoms with E-state index >= 15 is 0 Å². The van der Waals surface area contributed by atoms with E-state index in [0.717, 1.165) is 0 Å². The molecular formula is C14H14FNO2. The van der Waals surface area contributed by atoms with Crippen molar-refractivity contribution in [1.29, 1.82) is 0 Å². The molecule has 1 N–H and O–H groups in total. The van der Waals surface area contributed by atoms with Gasteiger partial charge in [0.2, 0.25) is 0 Å². The number of allylic oxidation sites excluding steroid dienone is 2. The molecule has 18 heavy (non-hydrogen) atoms. The van der Waals surface area contributed by atoms with Gasteiger partial charge in [0.15, 0.2) is 5.78 Å². The second kappa shape index (κ2) is 5.12. The molecule has 3 nitrogen and oxygen atoms in total. The van der Waals surface area contributed by atoms with E-state index < -0.39 is 11.7 Å². The predicted molar refractivity (Wildman–Crippen MR) is 65.4 cm³/mol. The number of hydrogen-bond donors (Lipinski definition) is 1. The SMILES string of the molecule is CC1CC(=O)C=C(NC(=O)c2ccccc2F)C1. The van der Waals surface area contributed by atoms with Crippen LogP contribution in [0.5, 0.6) is 0 Å². The zero-order valence-corrected chi connectivity index (χ0v) is 10.1. The summed E-state index contributed by atoms with van der Waals surface area (Å²) in [5.74, 6) is -0.872. The highest BCUT2D eigenvalue weighted by molar-refractivity contribution is 5.97. The minimum atomic E-state index is -0.564. The molecule has 1 aromatic carbocycles. The largest absolute Gasteiger partial charge is 0.325 e. The smallest absolute Gasteiger partial charge is 0.258 e. The van der Waals surface area contributed by atoms with E-state index in [-0.39, 0.29) is 17.3 Å². The third-order valence-electron chi connectivity index (χ3n) is 2.85. The monoisotopic (exact) mass is 247 g/mol. The number of benzene rings is 1. The Hall–Kier alpha value is -1.97. The molecule has 2 rings (SSSR count). The minimum absolute atomic E-state index is 0.00224. The molecule has 0 fully saturated rings. The minimum Gasteiger partial charge on any atom is -0.325 e. The van der Waals surface area contributed by atoms with Gasteiger partial charge in [-0.05, 0) is 24.5 Å². The average molecular weight is 247 g/mol. The molecular weight excluding hydrogens is 233 g/mol. The maximum absolute atomic E-state index is 13.4. The molecule has 0 heterocycles. The number of carbonyl (C=O) groups is 2. The third kappa shape index (κ3) is 2.83. The van der Waals surface area contributed by atoms with Gasteiger partial charge in [0.05, 0.1) is 5.56 Å². The summed E-state index contributed by atoms with van der Waals surface area (Å²) in [5.41, 5.74) is 0.552. The van der Waals surface area contributed by atoms with Crippen molar-refractivity contribution in [2.24, 2.45) is 5.92 Å². The van der Waals surface area contributed by atoms with E-state index in [2.05, 4.69) is 5.32 Å². The first-order valence-electron chi connectivity index (χ1n) is 5.85. The maximum atomic E-state index is 13.4. The van der Waals surface area contributed by atoms with Crippen molar-refractivity contribution in [2.75, 3.05) is 0 Å². The molecule has 0 bridgehead atoms. The van der Waals surface area contributed by atoms with E-state index in [0.29, 0.717) is 18.5 Å². The van der Waals surface area contributed by atoms with Crippen LogP contribution in [0.1, 0.15) is 30.1 Å². The van der Waals surface area contributed by atoms with E-state index in [9.17, 15) is 14.0 Å². The highest BCUT2D eigenvalue weighted by Crippen LogP contribution is 2.20. The molecule has 0 saturated carbocycles. The van der Waals surface area contributed by atoms with Crippen LogP contribution >= 0.6 is 0 Å². The van der Waals surface area contributed by atoms with Crippen molar-refractivity contribution in [2.45, 2.75) is 19.8 Å². The van der Waals surface area contributed by atoms with Gasteiger partial charge in [0.25, 0.3) is 5.91 Å². The lowest BCUT2D eigenvalue weighted by Gasteiger charge is -2.18. The quantitative estimate of drug-likeness (QED) is 0.872.